The maximum absolute atomic E-state index is 12.9. The van der Waals surface area contributed by atoms with Crippen LogP contribution < -0.4 is 5.32 Å². The van der Waals surface area contributed by atoms with Crippen LogP contribution in [0.3, 0.4) is 0 Å². The highest BCUT2D eigenvalue weighted by atomic mass is 32.1. The number of carbonyl (C=O) groups is 4. The molecule has 2 unspecified atom stereocenters. The normalized spacial score (nSPS) is 26.4. The molecule has 1 spiro atoms. The van der Waals surface area contributed by atoms with Gasteiger partial charge in [-0.1, -0.05) is 19.8 Å². The average molecular weight is 420 g/mol. The molecule has 1 saturated heterocycles. The fraction of sp³-hybridized carbons (Fsp3) is 0.600. The smallest absolute Gasteiger partial charge is 0.326 e. The standard InChI is InChI=1S/C20H25N3O5S/c1-13-4-2-3-7-20(13)18(26)23(19(27)21-20)11-17(25)28-12-16(24)22-8-5-15-14(10-22)6-9-29-15/h6,9,13H,2-5,7-8,10-12H2,1H3,(H,21,27). The summed E-state index contributed by atoms with van der Waals surface area (Å²) in [5.41, 5.74) is 0.226. The van der Waals surface area contributed by atoms with Crippen LogP contribution >= 0.6 is 11.3 Å². The van der Waals surface area contributed by atoms with E-state index in [-0.39, 0.29) is 24.3 Å². The molecule has 8 nitrogen and oxygen atoms in total. The van der Waals surface area contributed by atoms with Gasteiger partial charge in [-0.25, -0.2) is 4.79 Å². The Labute approximate surface area is 173 Å². The summed E-state index contributed by atoms with van der Waals surface area (Å²) in [7, 11) is 0. The third-order valence-electron chi connectivity index (χ3n) is 6.31. The number of hydrogen-bond acceptors (Lipinski definition) is 6. The molecule has 2 fully saturated rings. The number of nitrogens with zero attached hydrogens (tertiary/aromatic N) is 2. The van der Waals surface area contributed by atoms with Gasteiger partial charge in [0.2, 0.25) is 0 Å². The molecule has 0 aromatic carbocycles. The molecule has 4 amide bonds. The first-order valence-electron chi connectivity index (χ1n) is 10.0. The van der Waals surface area contributed by atoms with Gasteiger partial charge in [-0.05, 0) is 42.2 Å². The highest BCUT2D eigenvalue weighted by Crippen LogP contribution is 2.38. The Hall–Kier alpha value is -2.42. The lowest BCUT2D eigenvalue weighted by molar-refractivity contribution is -0.154. The zero-order valence-electron chi connectivity index (χ0n) is 16.4. The van der Waals surface area contributed by atoms with Crippen LogP contribution in [0.2, 0.25) is 0 Å². The van der Waals surface area contributed by atoms with E-state index in [1.807, 2.05) is 18.4 Å². The lowest BCUT2D eigenvalue weighted by atomic mass is 9.73. The SMILES string of the molecule is CC1CCCCC12NC(=O)N(CC(=O)OCC(=O)N1CCc3sccc3C1)C2=O. The van der Waals surface area contributed by atoms with Crippen molar-refractivity contribution in [1.29, 1.82) is 0 Å². The Morgan fingerprint density at radius 2 is 2.17 bits per heavy atom. The maximum atomic E-state index is 12.9. The summed E-state index contributed by atoms with van der Waals surface area (Å²) in [4.78, 5) is 53.7. The zero-order chi connectivity index (χ0) is 20.6. The predicted octanol–water partition coefficient (Wildman–Crippen LogP) is 1.68. The number of ether oxygens (including phenoxy) is 1. The number of fused-ring (bicyclic) bond motifs is 1. The molecule has 2 aliphatic heterocycles. The number of carbonyl (C=O) groups excluding carboxylic acids is 4. The molecule has 29 heavy (non-hydrogen) atoms. The minimum atomic E-state index is -0.905. The molecule has 3 aliphatic rings. The third-order valence-corrected chi connectivity index (χ3v) is 7.33. The van der Waals surface area contributed by atoms with E-state index in [2.05, 4.69) is 5.32 Å². The number of amides is 4. The molecular formula is C20H25N3O5S. The number of rotatable bonds is 4. The Balaban J connectivity index is 1.30. The number of nitrogens with one attached hydrogen (secondary N) is 1. The quantitative estimate of drug-likeness (QED) is 0.592. The Kier molecular flexibility index (Phi) is 5.33. The largest absolute Gasteiger partial charge is 0.454 e. The fourth-order valence-electron chi connectivity index (χ4n) is 4.51. The molecule has 1 aromatic heterocycles. The van der Waals surface area contributed by atoms with Gasteiger partial charge in [-0.2, -0.15) is 0 Å². The summed E-state index contributed by atoms with van der Waals surface area (Å²) in [6, 6.07) is 1.44. The van der Waals surface area contributed by atoms with Crippen LogP contribution in [0.1, 0.15) is 43.0 Å². The minimum absolute atomic E-state index is 0.0244. The third kappa shape index (κ3) is 3.63. The first kappa shape index (κ1) is 19.9. The number of esters is 1. The summed E-state index contributed by atoms with van der Waals surface area (Å²) in [5, 5.41) is 4.81. The molecule has 4 rings (SSSR count). The van der Waals surface area contributed by atoms with E-state index in [4.69, 9.17) is 4.74 Å². The van der Waals surface area contributed by atoms with E-state index in [1.54, 1.807) is 16.2 Å². The number of thiophene rings is 1. The van der Waals surface area contributed by atoms with E-state index in [9.17, 15) is 19.2 Å². The average Bonchev–Trinajstić information content (AvgIpc) is 3.27. The summed E-state index contributed by atoms with van der Waals surface area (Å²) >= 11 is 1.69. The molecule has 9 heteroatoms. The van der Waals surface area contributed by atoms with E-state index < -0.39 is 24.1 Å². The van der Waals surface area contributed by atoms with Crippen molar-refractivity contribution in [3.05, 3.63) is 21.9 Å². The van der Waals surface area contributed by atoms with Crippen LogP contribution in [0, 0.1) is 5.92 Å². The highest BCUT2D eigenvalue weighted by Gasteiger charge is 2.55. The van der Waals surface area contributed by atoms with Gasteiger partial charge in [0.25, 0.3) is 11.8 Å². The van der Waals surface area contributed by atoms with Crippen molar-refractivity contribution in [2.24, 2.45) is 5.92 Å². The number of urea groups is 1. The second-order valence-corrected chi connectivity index (χ2v) is 9.04. The summed E-state index contributed by atoms with van der Waals surface area (Å²) in [6.07, 6.45) is 4.14. The Morgan fingerprint density at radius 3 is 2.97 bits per heavy atom. The molecule has 1 N–H and O–H groups in total. The van der Waals surface area contributed by atoms with Gasteiger partial charge in [0, 0.05) is 18.0 Å². The monoisotopic (exact) mass is 419 g/mol. The molecule has 0 radical (unpaired) electrons. The van der Waals surface area contributed by atoms with Crippen molar-refractivity contribution in [3.8, 4) is 0 Å². The van der Waals surface area contributed by atoms with Crippen molar-refractivity contribution in [2.75, 3.05) is 19.7 Å². The lowest BCUT2D eigenvalue weighted by Gasteiger charge is -2.36. The molecule has 1 aliphatic carbocycles. The first-order chi connectivity index (χ1) is 13.9. The van der Waals surface area contributed by atoms with Crippen molar-refractivity contribution in [3.63, 3.8) is 0 Å². The molecule has 1 aromatic rings. The molecule has 0 bridgehead atoms. The van der Waals surface area contributed by atoms with Crippen molar-refractivity contribution < 1.29 is 23.9 Å². The van der Waals surface area contributed by atoms with Crippen LogP contribution in [0.5, 0.6) is 0 Å². The molecular weight excluding hydrogens is 394 g/mol. The van der Waals surface area contributed by atoms with Gasteiger partial charge < -0.3 is 15.0 Å². The van der Waals surface area contributed by atoms with Gasteiger partial charge in [-0.15, -0.1) is 11.3 Å². The maximum Gasteiger partial charge on any atom is 0.326 e. The molecule has 1 saturated carbocycles. The molecule has 3 heterocycles. The fourth-order valence-corrected chi connectivity index (χ4v) is 5.40. The molecule has 2 atom stereocenters. The van der Waals surface area contributed by atoms with Crippen LogP contribution in [-0.2, 0) is 32.1 Å². The first-order valence-corrected chi connectivity index (χ1v) is 10.9. The summed E-state index contributed by atoms with van der Waals surface area (Å²) in [6.45, 7) is 2.21. The molecule has 156 valence electrons. The van der Waals surface area contributed by atoms with Gasteiger partial charge in [0.1, 0.15) is 12.1 Å². The van der Waals surface area contributed by atoms with Crippen LogP contribution in [0.25, 0.3) is 0 Å². The summed E-state index contributed by atoms with van der Waals surface area (Å²) in [5.74, 6) is -1.37. The number of imide groups is 1. The van der Waals surface area contributed by atoms with Crippen LogP contribution in [0.15, 0.2) is 11.4 Å². The summed E-state index contributed by atoms with van der Waals surface area (Å²) < 4.78 is 5.09. The van der Waals surface area contributed by atoms with E-state index in [0.717, 1.165) is 36.1 Å². The lowest BCUT2D eigenvalue weighted by Crippen LogP contribution is -2.54. The zero-order valence-corrected chi connectivity index (χ0v) is 17.3. The number of hydrogen-bond donors (Lipinski definition) is 1. The topological polar surface area (TPSA) is 96.0 Å². The minimum Gasteiger partial charge on any atom is -0.454 e. The van der Waals surface area contributed by atoms with Crippen molar-refractivity contribution >= 4 is 35.2 Å². The second kappa shape index (κ2) is 7.78. The van der Waals surface area contributed by atoms with E-state index in [0.29, 0.717) is 19.5 Å². The van der Waals surface area contributed by atoms with Gasteiger partial charge in [-0.3, -0.25) is 19.3 Å². The van der Waals surface area contributed by atoms with Gasteiger partial charge in [0.05, 0.1) is 0 Å². The second-order valence-electron chi connectivity index (χ2n) is 8.03. The predicted molar refractivity (Wildman–Crippen MR) is 105 cm³/mol. The van der Waals surface area contributed by atoms with E-state index in [1.165, 1.54) is 4.88 Å². The van der Waals surface area contributed by atoms with Gasteiger partial charge in [0.15, 0.2) is 6.61 Å². The van der Waals surface area contributed by atoms with Crippen molar-refractivity contribution in [1.82, 2.24) is 15.1 Å². The van der Waals surface area contributed by atoms with Gasteiger partial charge >= 0.3 is 12.0 Å². The Morgan fingerprint density at radius 1 is 1.34 bits per heavy atom. The van der Waals surface area contributed by atoms with Crippen LogP contribution in [0.4, 0.5) is 4.79 Å². The highest BCUT2D eigenvalue weighted by molar-refractivity contribution is 7.10. The van der Waals surface area contributed by atoms with Crippen molar-refractivity contribution in [2.45, 2.75) is 51.1 Å². The van der Waals surface area contributed by atoms with Crippen LogP contribution in [-0.4, -0.2) is 58.8 Å². The Bertz CT molecular complexity index is 853. The van der Waals surface area contributed by atoms with E-state index >= 15 is 0 Å².